The Balaban J connectivity index is 1.78. The Kier molecular flexibility index (Phi) is 6.57. The average Bonchev–Trinajstić information content (AvgIpc) is 2.73. The molecule has 3 heterocycles. The highest BCUT2D eigenvalue weighted by atomic mass is 16.6. The van der Waals surface area contributed by atoms with Crippen molar-refractivity contribution in [2.24, 2.45) is 5.92 Å². The summed E-state index contributed by atoms with van der Waals surface area (Å²) in [6.07, 6.45) is 2.51. The molecule has 0 unspecified atom stereocenters. The second-order valence-corrected chi connectivity index (χ2v) is 6.96. The molecule has 0 amide bonds. The van der Waals surface area contributed by atoms with Crippen molar-refractivity contribution in [3.8, 4) is 0 Å². The first-order valence-electron chi connectivity index (χ1n) is 9.45. The van der Waals surface area contributed by atoms with Gasteiger partial charge in [0.25, 0.3) is 0 Å². The molecule has 2 aliphatic rings. The number of hydrogen-bond acceptors (Lipinski definition) is 10. The second kappa shape index (κ2) is 9.11. The van der Waals surface area contributed by atoms with Crippen molar-refractivity contribution >= 4 is 23.3 Å². The zero-order valence-electron chi connectivity index (χ0n) is 16.0. The number of ether oxygens (including phenoxy) is 1. The van der Waals surface area contributed by atoms with Crippen molar-refractivity contribution in [1.82, 2.24) is 14.9 Å². The predicted octanol–water partition coefficient (Wildman–Crippen LogP) is -0.111. The molecule has 0 spiro atoms. The van der Waals surface area contributed by atoms with Gasteiger partial charge in [0, 0.05) is 45.8 Å². The molecule has 1 aromatic rings. The van der Waals surface area contributed by atoms with Crippen LogP contribution in [0.2, 0.25) is 0 Å². The van der Waals surface area contributed by atoms with Gasteiger partial charge in [-0.15, -0.1) is 0 Å². The van der Waals surface area contributed by atoms with Crippen molar-refractivity contribution < 1.29 is 19.6 Å². The summed E-state index contributed by atoms with van der Waals surface area (Å²) in [6, 6.07) is 0. The van der Waals surface area contributed by atoms with Gasteiger partial charge in [0.1, 0.15) is 6.33 Å². The minimum absolute atomic E-state index is 0.0883. The van der Waals surface area contributed by atoms with E-state index in [1.807, 2.05) is 9.80 Å². The van der Waals surface area contributed by atoms with Crippen molar-refractivity contribution in [1.29, 1.82) is 0 Å². The lowest BCUT2D eigenvalue weighted by molar-refractivity contribution is -0.383. The molecule has 0 bridgehead atoms. The molecule has 2 saturated heterocycles. The molecule has 28 heavy (non-hydrogen) atoms. The van der Waals surface area contributed by atoms with Crippen LogP contribution in [0.4, 0.5) is 17.3 Å². The fraction of sp³-hybridized carbons (Fsp3) is 0.706. The minimum Gasteiger partial charge on any atom is -0.469 e. The van der Waals surface area contributed by atoms with Gasteiger partial charge >= 0.3 is 11.7 Å². The molecule has 2 fully saturated rings. The molecule has 1 N–H and O–H groups in total. The van der Waals surface area contributed by atoms with Gasteiger partial charge < -0.3 is 19.6 Å². The summed E-state index contributed by atoms with van der Waals surface area (Å²) >= 11 is 0. The number of carbonyl (C=O) groups is 1. The van der Waals surface area contributed by atoms with E-state index >= 15 is 0 Å². The highest BCUT2D eigenvalue weighted by Gasteiger charge is 2.34. The van der Waals surface area contributed by atoms with E-state index in [1.165, 1.54) is 13.4 Å². The zero-order valence-corrected chi connectivity index (χ0v) is 16.0. The lowest BCUT2D eigenvalue weighted by atomic mass is 9.97. The number of rotatable bonds is 6. The maximum absolute atomic E-state index is 11.9. The summed E-state index contributed by atoms with van der Waals surface area (Å²) < 4.78 is 4.80. The Morgan fingerprint density at radius 3 is 2.25 bits per heavy atom. The number of esters is 1. The lowest BCUT2D eigenvalue weighted by Gasteiger charge is -2.35. The van der Waals surface area contributed by atoms with Gasteiger partial charge in [0.05, 0.1) is 24.6 Å². The number of methoxy groups -OCH3 is 1. The third-order valence-corrected chi connectivity index (χ3v) is 5.38. The standard InChI is InChI=1S/C17H26N6O5/c1-28-17(25)13-2-4-21(5-3-13)15-14(23(26)27)16(19-12-18-15)22-8-6-20(7-9-22)10-11-24/h12-13,24H,2-11H2,1H3. The monoisotopic (exact) mass is 394 g/mol. The van der Waals surface area contributed by atoms with Gasteiger partial charge in [0.15, 0.2) is 0 Å². The number of β-amino-alcohol motifs (C(OH)–C–C–N with tert-alkyl or cyclic N) is 1. The Labute approximate surface area is 163 Å². The normalized spacial score (nSPS) is 18.9. The summed E-state index contributed by atoms with van der Waals surface area (Å²) in [6.45, 7) is 4.31. The van der Waals surface area contributed by atoms with Gasteiger partial charge in [-0.05, 0) is 12.8 Å². The van der Waals surface area contributed by atoms with Gasteiger partial charge in [0.2, 0.25) is 11.6 Å². The van der Waals surface area contributed by atoms with Crippen molar-refractivity contribution in [3.05, 3.63) is 16.4 Å². The summed E-state index contributed by atoms with van der Waals surface area (Å²) in [5.41, 5.74) is -0.0883. The number of piperazine rings is 1. The minimum atomic E-state index is -0.419. The number of nitro groups is 1. The van der Waals surface area contributed by atoms with E-state index in [4.69, 9.17) is 9.84 Å². The average molecular weight is 394 g/mol. The van der Waals surface area contributed by atoms with E-state index in [1.54, 1.807) is 0 Å². The molecular weight excluding hydrogens is 368 g/mol. The number of nitrogens with zero attached hydrogens (tertiary/aromatic N) is 6. The zero-order chi connectivity index (χ0) is 20.1. The van der Waals surface area contributed by atoms with E-state index in [2.05, 4.69) is 14.9 Å². The lowest BCUT2D eigenvalue weighted by Crippen LogP contribution is -2.47. The number of aliphatic hydroxyl groups excluding tert-OH is 1. The maximum atomic E-state index is 11.9. The van der Waals surface area contributed by atoms with E-state index in [0.717, 1.165) is 0 Å². The fourth-order valence-electron chi connectivity index (χ4n) is 3.81. The molecule has 0 saturated carbocycles. The van der Waals surface area contributed by atoms with Gasteiger partial charge in [-0.2, -0.15) is 0 Å². The number of anilines is 2. The molecule has 0 aromatic carbocycles. The molecule has 154 valence electrons. The smallest absolute Gasteiger partial charge is 0.353 e. The third kappa shape index (κ3) is 4.30. The van der Waals surface area contributed by atoms with Crippen LogP contribution in [0, 0.1) is 16.0 Å². The SMILES string of the molecule is COC(=O)C1CCN(c2ncnc(N3CCN(CCO)CC3)c2[N+](=O)[O-])CC1. The first-order chi connectivity index (χ1) is 13.5. The first-order valence-corrected chi connectivity index (χ1v) is 9.45. The molecule has 0 aliphatic carbocycles. The molecule has 11 heteroatoms. The highest BCUT2D eigenvalue weighted by molar-refractivity contribution is 5.74. The number of carbonyl (C=O) groups excluding carboxylic acids is 1. The van der Waals surface area contributed by atoms with Gasteiger partial charge in [-0.1, -0.05) is 0 Å². The third-order valence-electron chi connectivity index (χ3n) is 5.38. The summed E-state index contributed by atoms with van der Waals surface area (Å²) in [4.78, 5) is 37.4. The van der Waals surface area contributed by atoms with Gasteiger partial charge in [-0.25, -0.2) is 9.97 Å². The van der Waals surface area contributed by atoms with Crippen molar-refractivity contribution in [2.75, 3.05) is 69.3 Å². The Hall–Kier alpha value is -2.53. The first kappa shape index (κ1) is 20.2. The number of hydrogen-bond donors (Lipinski definition) is 1. The Bertz CT molecular complexity index is 701. The molecule has 0 atom stereocenters. The van der Waals surface area contributed by atoms with Crippen LogP contribution >= 0.6 is 0 Å². The van der Waals surface area contributed by atoms with E-state index in [-0.39, 0.29) is 24.2 Å². The van der Waals surface area contributed by atoms with Crippen LogP contribution in [-0.4, -0.2) is 90.4 Å². The summed E-state index contributed by atoms with van der Waals surface area (Å²) in [7, 11) is 1.37. The second-order valence-electron chi connectivity index (χ2n) is 6.96. The van der Waals surface area contributed by atoms with Crippen molar-refractivity contribution in [2.45, 2.75) is 12.8 Å². The maximum Gasteiger partial charge on any atom is 0.353 e. The number of aliphatic hydroxyl groups is 1. The predicted molar refractivity (Wildman–Crippen MR) is 101 cm³/mol. The summed E-state index contributed by atoms with van der Waals surface area (Å²) in [5.74, 6) is 0.212. The molecular formula is C17H26N6O5. The molecule has 2 aliphatic heterocycles. The topological polar surface area (TPSA) is 125 Å². The molecule has 0 radical (unpaired) electrons. The Morgan fingerprint density at radius 2 is 1.75 bits per heavy atom. The van der Waals surface area contributed by atoms with Crippen LogP contribution in [0.3, 0.4) is 0 Å². The van der Waals surface area contributed by atoms with E-state index < -0.39 is 4.92 Å². The number of aromatic nitrogens is 2. The largest absolute Gasteiger partial charge is 0.469 e. The molecule has 1 aromatic heterocycles. The van der Waals surface area contributed by atoms with Crippen LogP contribution in [0.1, 0.15) is 12.8 Å². The van der Waals surface area contributed by atoms with Crippen LogP contribution < -0.4 is 9.80 Å². The van der Waals surface area contributed by atoms with E-state index in [9.17, 15) is 14.9 Å². The van der Waals surface area contributed by atoms with E-state index in [0.29, 0.717) is 70.3 Å². The van der Waals surface area contributed by atoms with Crippen LogP contribution in [-0.2, 0) is 9.53 Å². The van der Waals surface area contributed by atoms with Crippen LogP contribution in [0.25, 0.3) is 0 Å². The van der Waals surface area contributed by atoms with Crippen LogP contribution in [0.5, 0.6) is 0 Å². The van der Waals surface area contributed by atoms with Crippen LogP contribution in [0.15, 0.2) is 6.33 Å². The molecule has 3 rings (SSSR count). The molecule has 11 nitrogen and oxygen atoms in total. The fourth-order valence-corrected chi connectivity index (χ4v) is 3.81. The quantitative estimate of drug-likeness (QED) is 0.397. The van der Waals surface area contributed by atoms with Crippen molar-refractivity contribution in [3.63, 3.8) is 0 Å². The summed E-state index contributed by atoms with van der Waals surface area (Å²) in [5, 5.41) is 20.9. The Morgan fingerprint density at radius 1 is 1.18 bits per heavy atom. The van der Waals surface area contributed by atoms with Gasteiger partial charge in [-0.3, -0.25) is 19.8 Å². The highest BCUT2D eigenvalue weighted by Crippen LogP contribution is 2.36. The number of piperidine rings is 1.